The minimum Gasteiger partial charge on any atom is -0.371 e. The van der Waals surface area contributed by atoms with Crippen LogP contribution in [0.2, 0.25) is 0 Å². The van der Waals surface area contributed by atoms with E-state index in [1.165, 1.54) is 11.1 Å². The zero-order chi connectivity index (χ0) is 10.7. The number of nitrogens with two attached hydrogens (primary N) is 1. The van der Waals surface area contributed by atoms with Gasteiger partial charge in [0, 0.05) is 0 Å². The maximum absolute atomic E-state index is 5.81. The molecule has 3 N–H and O–H groups in total. The SMILES string of the molecule is CCC(NN)C1OCCc2ccccc21. The van der Waals surface area contributed by atoms with Crippen molar-refractivity contribution in [2.24, 2.45) is 5.84 Å². The molecule has 1 heterocycles. The summed E-state index contributed by atoms with van der Waals surface area (Å²) in [7, 11) is 0. The summed E-state index contributed by atoms with van der Waals surface area (Å²) < 4.78 is 5.81. The van der Waals surface area contributed by atoms with Crippen LogP contribution >= 0.6 is 0 Å². The Bertz CT molecular complexity index is 323. The van der Waals surface area contributed by atoms with E-state index in [4.69, 9.17) is 10.6 Å². The van der Waals surface area contributed by atoms with Crippen molar-refractivity contribution in [3.8, 4) is 0 Å². The third kappa shape index (κ3) is 2.04. The predicted molar refractivity (Wildman–Crippen MR) is 60.2 cm³/mol. The van der Waals surface area contributed by atoms with E-state index in [1.54, 1.807) is 0 Å². The Labute approximate surface area is 90.6 Å². The van der Waals surface area contributed by atoms with Gasteiger partial charge in [-0.1, -0.05) is 31.2 Å². The molecule has 0 saturated heterocycles. The number of hydrogen-bond acceptors (Lipinski definition) is 3. The third-order valence-electron chi connectivity index (χ3n) is 3.05. The Morgan fingerprint density at radius 1 is 1.53 bits per heavy atom. The normalized spacial score (nSPS) is 22.1. The zero-order valence-corrected chi connectivity index (χ0v) is 9.07. The minimum absolute atomic E-state index is 0.102. The van der Waals surface area contributed by atoms with Crippen molar-refractivity contribution in [2.45, 2.75) is 31.9 Å². The lowest BCUT2D eigenvalue weighted by molar-refractivity contribution is 0.0144. The van der Waals surface area contributed by atoms with Crippen LogP contribution in [0.5, 0.6) is 0 Å². The van der Waals surface area contributed by atoms with Gasteiger partial charge in [-0.2, -0.15) is 0 Å². The van der Waals surface area contributed by atoms with Crippen molar-refractivity contribution < 1.29 is 4.74 Å². The summed E-state index contributed by atoms with van der Waals surface area (Å²) in [4.78, 5) is 0. The fraction of sp³-hybridized carbons (Fsp3) is 0.500. The van der Waals surface area contributed by atoms with Gasteiger partial charge >= 0.3 is 0 Å². The fourth-order valence-corrected chi connectivity index (χ4v) is 2.18. The molecule has 0 amide bonds. The molecule has 0 saturated carbocycles. The zero-order valence-electron chi connectivity index (χ0n) is 9.07. The van der Waals surface area contributed by atoms with E-state index < -0.39 is 0 Å². The van der Waals surface area contributed by atoms with Gasteiger partial charge in [0.25, 0.3) is 0 Å². The molecule has 0 fully saturated rings. The van der Waals surface area contributed by atoms with Crippen molar-refractivity contribution in [3.63, 3.8) is 0 Å². The highest BCUT2D eigenvalue weighted by Gasteiger charge is 2.26. The molecule has 0 bridgehead atoms. The van der Waals surface area contributed by atoms with Crippen molar-refractivity contribution in [1.29, 1.82) is 0 Å². The average Bonchev–Trinajstić information content (AvgIpc) is 2.31. The summed E-state index contributed by atoms with van der Waals surface area (Å²) in [5, 5.41) is 0. The average molecular weight is 206 g/mol. The monoisotopic (exact) mass is 206 g/mol. The van der Waals surface area contributed by atoms with Crippen LogP contribution in [0.15, 0.2) is 24.3 Å². The Kier molecular flexibility index (Phi) is 3.36. The molecule has 3 nitrogen and oxygen atoms in total. The Morgan fingerprint density at radius 3 is 3.07 bits per heavy atom. The molecular formula is C12H18N2O. The quantitative estimate of drug-likeness (QED) is 0.582. The number of nitrogens with one attached hydrogen (secondary N) is 1. The van der Waals surface area contributed by atoms with Gasteiger partial charge in [-0.15, -0.1) is 0 Å². The van der Waals surface area contributed by atoms with Gasteiger partial charge in [0.15, 0.2) is 0 Å². The molecule has 1 aliphatic heterocycles. The molecule has 2 atom stereocenters. The van der Waals surface area contributed by atoms with Gasteiger partial charge in [-0.05, 0) is 24.0 Å². The van der Waals surface area contributed by atoms with Crippen LogP contribution in [-0.2, 0) is 11.2 Å². The summed E-state index contributed by atoms with van der Waals surface area (Å²) in [6.07, 6.45) is 2.08. The van der Waals surface area contributed by atoms with Crippen LogP contribution in [0, 0.1) is 0 Å². The first kappa shape index (κ1) is 10.6. The van der Waals surface area contributed by atoms with E-state index in [0.717, 1.165) is 19.4 Å². The molecule has 15 heavy (non-hydrogen) atoms. The smallest absolute Gasteiger partial charge is 0.0993 e. The molecule has 82 valence electrons. The van der Waals surface area contributed by atoms with Crippen LogP contribution < -0.4 is 11.3 Å². The second-order valence-corrected chi connectivity index (χ2v) is 3.92. The lowest BCUT2D eigenvalue weighted by atomic mass is 9.92. The van der Waals surface area contributed by atoms with Crippen LogP contribution in [0.1, 0.15) is 30.6 Å². The molecule has 3 heteroatoms. The first-order chi connectivity index (χ1) is 7.36. The van der Waals surface area contributed by atoms with Crippen LogP contribution in [0.3, 0.4) is 0 Å². The molecule has 2 unspecified atom stereocenters. The minimum atomic E-state index is 0.102. The van der Waals surface area contributed by atoms with Crippen molar-refractivity contribution in [1.82, 2.24) is 5.43 Å². The van der Waals surface area contributed by atoms with E-state index in [9.17, 15) is 0 Å². The number of fused-ring (bicyclic) bond motifs is 1. The highest BCUT2D eigenvalue weighted by atomic mass is 16.5. The first-order valence-electron chi connectivity index (χ1n) is 5.52. The molecule has 0 radical (unpaired) electrons. The van der Waals surface area contributed by atoms with Gasteiger partial charge in [0.2, 0.25) is 0 Å². The van der Waals surface area contributed by atoms with E-state index in [2.05, 4.69) is 36.6 Å². The van der Waals surface area contributed by atoms with Gasteiger partial charge in [0.1, 0.15) is 0 Å². The molecule has 0 aliphatic carbocycles. The number of rotatable bonds is 3. The summed E-state index contributed by atoms with van der Waals surface area (Å²) in [6, 6.07) is 8.65. The van der Waals surface area contributed by atoms with Crippen molar-refractivity contribution in [2.75, 3.05) is 6.61 Å². The highest BCUT2D eigenvalue weighted by Crippen LogP contribution is 2.30. The van der Waals surface area contributed by atoms with Crippen molar-refractivity contribution >= 4 is 0 Å². The molecule has 1 aromatic carbocycles. The molecule has 0 aromatic heterocycles. The van der Waals surface area contributed by atoms with Gasteiger partial charge in [-0.25, -0.2) is 0 Å². The molecule has 0 spiro atoms. The van der Waals surface area contributed by atoms with Gasteiger partial charge in [0.05, 0.1) is 18.8 Å². The molecule has 1 aromatic rings. The Morgan fingerprint density at radius 2 is 2.33 bits per heavy atom. The predicted octanol–water partition coefficient (Wildman–Crippen LogP) is 1.54. The van der Waals surface area contributed by atoms with Gasteiger partial charge < -0.3 is 4.74 Å². The number of hydrazine groups is 1. The molecule has 2 rings (SSSR count). The van der Waals surface area contributed by atoms with Gasteiger partial charge in [-0.3, -0.25) is 11.3 Å². The summed E-state index contributed by atoms with van der Waals surface area (Å²) >= 11 is 0. The second kappa shape index (κ2) is 4.75. The summed E-state index contributed by atoms with van der Waals surface area (Å²) in [6.45, 7) is 2.91. The fourth-order valence-electron chi connectivity index (χ4n) is 2.18. The number of hydrogen-bond donors (Lipinski definition) is 2. The highest BCUT2D eigenvalue weighted by molar-refractivity contribution is 5.31. The van der Waals surface area contributed by atoms with E-state index in [-0.39, 0.29) is 12.1 Å². The van der Waals surface area contributed by atoms with E-state index >= 15 is 0 Å². The lowest BCUT2D eigenvalue weighted by Crippen LogP contribution is -2.41. The Hall–Kier alpha value is -0.900. The molecule has 1 aliphatic rings. The maximum atomic E-state index is 5.81. The van der Waals surface area contributed by atoms with E-state index in [0.29, 0.717) is 0 Å². The standard InChI is InChI=1S/C12H18N2O/c1-2-11(14-13)12-10-6-4-3-5-9(10)7-8-15-12/h3-6,11-12,14H,2,7-8,13H2,1H3. The topological polar surface area (TPSA) is 47.3 Å². The van der Waals surface area contributed by atoms with Crippen LogP contribution in [-0.4, -0.2) is 12.6 Å². The number of ether oxygens (including phenoxy) is 1. The third-order valence-corrected chi connectivity index (χ3v) is 3.05. The second-order valence-electron chi connectivity index (χ2n) is 3.92. The Balaban J connectivity index is 2.28. The number of benzene rings is 1. The summed E-state index contributed by atoms with van der Waals surface area (Å²) in [5.41, 5.74) is 5.51. The first-order valence-corrected chi connectivity index (χ1v) is 5.52. The van der Waals surface area contributed by atoms with Crippen molar-refractivity contribution in [3.05, 3.63) is 35.4 Å². The maximum Gasteiger partial charge on any atom is 0.0993 e. The largest absolute Gasteiger partial charge is 0.371 e. The van der Waals surface area contributed by atoms with E-state index in [1.807, 2.05) is 0 Å². The summed E-state index contributed by atoms with van der Waals surface area (Å²) in [5.74, 6) is 5.54. The van der Waals surface area contributed by atoms with Crippen LogP contribution in [0.25, 0.3) is 0 Å². The lowest BCUT2D eigenvalue weighted by Gasteiger charge is -2.31. The molecular weight excluding hydrogens is 188 g/mol. The van der Waals surface area contributed by atoms with Crippen LogP contribution in [0.4, 0.5) is 0 Å².